The molecule has 7 heteroatoms. The fourth-order valence-electron chi connectivity index (χ4n) is 3.58. The molecular formula is C20H22N4O3. The first-order chi connectivity index (χ1) is 13.2. The summed E-state index contributed by atoms with van der Waals surface area (Å²) in [7, 11) is 0. The number of rotatable bonds is 6. The summed E-state index contributed by atoms with van der Waals surface area (Å²) >= 11 is 0. The Morgan fingerprint density at radius 2 is 2.00 bits per heavy atom. The van der Waals surface area contributed by atoms with Crippen LogP contribution in [0.5, 0.6) is 0 Å². The smallest absolute Gasteiger partial charge is 0.261 e. The number of aromatic nitrogens is 2. The van der Waals surface area contributed by atoms with Crippen LogP contribution in [-0.4, -0.2) is 40.0 Å². The van der Waals surface area contributed by atoms with Gasteiger partial charge in [0.2, 0.25) is 5.91 Å². The molecule has 1 aliphatic rings. The Morgan fingerprint density at radius 3 is 2.78 bits per heavy atom. The second kappa shape index (κ2) is 7.75. The van der Waals surface area contributed by atoms with Crippen LogP contribution in [0, 0.1) is 0 Å². The molecule has 0 bridgehead atoms. The highest BCUT2D eigenvalue weighted by Crippen LogP contribution is 2.24. The maximum atomic E-state index is 12.5. The van der Waals surface area contributed by atoms with Gasteiger partial charge in [-0.3, -0.25) is 19.1 Å². The van der Waals surface area contributed by atoms with Gasteiger partial charge in [0.1, 0.15) is 12.3 Å². The maximum Gasteiger partial charge on any atom is 0.261 e. The third-order valence-corrected chi connectivity index (χ3v) is 4.99. The topological polar surface area (TPSA) is 80.4 Å². The number of carbonyl (C=O) groups excluding carboxylic acids is 1. The van der Waals surface area contributed by atoms with Gasteiger partial charge in [0.05, 0.1) is 29.5 Å². The van der Waals surface area contributed by atoms with Gasteiger partial charge in [0.25, 0.3) is 5.56 Å². The van der Waals surface area contributed by atoms with E-state index in [-0.39, 0.29) is 24.1 Å². The van der Waals surface area contributed by atoms with Crippen LogP contribution in [0.3, 0.4) is 0 Å². The number of benzene rings is 1. The molecule has 1 N–H and O–H groups in total. The van der Waals surface area contributed by atoms with Crippen molar-refractivity contribution in [2.75, 3.05) is 19.6 Å². The molecule has 0 radical (unpaired) electrons. The average Bonchev–Trinajstić information content (AvgIpc) is 3.39. The first-order valence-electron chi connectivity index (χ1n) is 9.21. The summed E-state index contributed by atoms with van der Waals surface area (Å²) in [5.74, 6) is 0.631. The van der Waals surface area contributed by atoms with Crippen molar-refractivity contribution in [3.05, 3.63) is 65.1 Å². The van der Waals surface area contributed by atoms with Crippen LogP contribution in [0.15, 0.2) is 58.2 Å². The fraction of sp³-hybridized carbons (Fsp3) is 0.350. The highest BCUT2D eigenvalue weighted by atomic mass is 16.3. The zero-order chi connectivity index (χ0) is 18.6. The standard InChI is InChI=1S/C20H22N4O3/c25-19(13-24-14-22-16-7-2-1-6-15(16)20(24)26)21-12-17(18-8-5-11-27-18)23-9-3-4-10-23/h1-2,5-8,11,14,17H,3-4,9-10,12-13H2,(H,21,25)/t17-/m1/s1. The number of carbonyl (C=O) groups is 1. The molecule has 0 saturated carbocycles. The van der Waals surface area contributed by atoms with Crippen molar-refractivity contribution in [2.24, 2.45) is 0 Å². The second-order valence-electron chi connectivity index (χ2n) is 6.77. The largest absolute Gasteiger partial charge is 0.468 e. The number of amides is 1. The van der Waals surface area contributed by atoms with E-state index in [0.29, 0.717) is 17.4 Å². The molecule has 3 heterocycles. The number of hydrogen-bond donors (Lipinski definition) is 1. The van der Waals surface area contributed by atoms with Crippen LogP contribution in [-0.2, 0) is 11.3 Å². The van der Waals surface area contributed by atoms with E-state index in [1.54, 1.807) is 24.5 Å². The lowest BCUT2D eigenvalue weighted by atomic mass is 10.2. The van der Waals surface area contributed by atoms with Gasteiger partial charge in [-0.05, 0) is 50.2 Å². The minimum Gasteiger partial charge on any atom is -0.468 e. The first kappa shape index (κ1) is 17.5. The molecular weight excluding hydrogens is 344 g/mol. The molecule has 1 aromatic carbocycles. The minimum atomic E-state index is -0.218. The molecule has 1 amide bonds. The van der Waals surface area contributed by atoms with Crippen LogP contribution in [0.25, 0.3) is 10.9 Å². The first-order valence-corrected chi connectivity index (χ1v) is 9.21. The lowest BCUT2D eigenvalue weighted by molar-refractivity contribution is -0.122. The molecule has 1 aliphatic heterocycles. The van der Waals surface area contributed by atoms with E-state index in [2.05, 4.69) is 15.2 Å². The van der Waals surface area contributed by atoms with Crippen molar-refractivity contribution in [3.8, 4) is 0 Å². The normalized spacial score (nSPS) is 15.9. The number of likely N-dealkylation sites (tertiary alicyclic amines) is 1. The van der Waals surface area contributed by atoms with E-state index in [0.717, 1.165) is 31.7 Å². The number of nitrogens with zero attached hydrogens (tertiary/aromatic N) is 3. The van der Waals surface area contributed by atoms with Gasteiger partial charge in [0, 0.05) is 6.54 Å². The van der Waals surface area contributed by atoms with E-state index in [4.69, 9.17) is 4.42 Å². The predicted octanol–water partition coefficient (Wildman–Crippen LogP) is 1.94. The van der Waals surface area contributed by atoms with Crippen molar-refractivity contribution >= 4 is 16.8 Å². The molecule has 4 rings (SSSR count). The monoisotopic (exact) mass is 366 g/mol. The summed E-state index contributed by atoms with van der Waals surface area (Å²) in [6.07, 6.45) is 5.39. The van der Waals surface area contributed by atoms with E-state index < -0.39 is 0 Å². The molecule has 2 aromatic heterocycles. The van der Waals surface area contributed by atoms with Crippen LogP contribution < -0.4 is 10.9 Å². The Bertz CT molecular complexity index is 974. The van der Waals surface area contributed by atoms with Gasteiger partial charge in [-0.1, -0.05) is 12.1 Å². The Kier molecular flexibility index (Phi) is 5.02. The SMILES string of the molecule is O=C(Cn1cnc2ccccc2c1=O)NC[C@H](c1ccco1)N1CCCC1. The zero-order valence-electron chi connectivity index (χ0n) is 15.0. The molecule has 3 aromatic rings. The maximum absolute atomic E-state index is 12.5. The van der Waals surface area contributed by atoms with Crippen molar-refractivity contribution in [1.29, 1.82) is 0 Å². The third kappa shape index (κ3) is 3.78. The summed E-state index contributed by atoms with van der Waals surface area (Å²) in [5, 5.41) is 3.46. The van der Waals surface area contributed by atoms with Crippen LogP contribution in [0.2, 0.25) is 0 Å². The fourth-order valence-corrected chi connectivity index (χ4v) is 3.58. The molecule has 27 heavy (non-hydrogen) atoms. The van der Waals surface area contributed by atoms with E-state index in [1.807, 2.05) is 18.2 Å². The van der Waals surface area contributed by atoms with Crippen LogP contribution in [0.1, 0.15) is 24.6 Å². The number of para-hydroxylation sites is 1. The third-order valence-electron chi connectivity index (χ3n) is 4.99. The van der Waals surface area contributed by atoms with Crippen LogP contribution >= 0.6 is 0 Å². The molecule has 0 unspecified atom stereocenters. The van der Waals surface area contributed by atoms with E-state index >= 15 is 0 Å². The van der Waals surface area contributed by atoms with Crippen molar-refractivity contribution in [1.82, 2.24) is 19.8 Å². The van der Waals surface area contributed by atoms with Gasteiger partial charge >= 0.3 is 0 Å². The van der Waals surface area contributed by atoms with Gasteiger partial charge in [-0.25, -0.2) is 4.98 Å². The molecule has 1 atom stereocenters. The van der Waals surface area contributed by atoms with E-state index in [1.165, 1.54) is 10.9 Å². The highest BCUT2D eigenvalue weighted by Gasteiger charge is 2.26. The summed E-state index contributed by atoms with van der Waals surface area (Å²) < 4.78 is 6.91. The number of hydrogen-bond acceptors (Lipinski definition) is 5. The minimum absolute atomic E-state index is 0.0119. The van der Waals surface area contributed by atoms with Crippen LogP contribution in [0.4, 0.5) is 0 Å². The summed E-state index contributed by atoms with van der Waals surface area (Å²) in [6.45, 7) is 2.38. The number of furan rings is 1. The Hall–Kier alpha value is -2.93. The second-order valence-corrected chi connectivity index (χ2v) is 6.77. The summed E-state index contributed by atoms with van der Waals surface area (Å²) in [4.78, 5) is 31.5. The Morgan fingerprint density at radius 1 is 1.19 bits per heavy atom. The van der Waals surface area contributed by atoms with Crippen molar-refractivity contribution in [3.63, 3.8) is 0 Å². The Balaban J connectivity index is 1.44. The van der Waals surface area contributed by atoms with Gasteiger partial charge < -0.3 is 9.73 Å². The molecule has 0 spiro atoms. The lowest BCUT2D eigenvalue weighted by Gasteiger charge is -2.26. The van der Waals surface area contributed by atoms with Crippen molar-refractivity contribution < 1.29 is 9.21 Å². The van der Waals surface area contributed by atoms with Gasteiger partial charge in [0.15, 0.2) is 0 Å². The summed E-state index contributed by atoms with van der Waals surface area (Å²) in [5.41, 5.74) is 0.420. The Labute approximate surface area is 156 Å². The van der Waals surface area contributed by atoms with Crippen molar-refractivity contribution in [2.45, 2.75) is 25.4 Å². The predicted molar refractivity (Wildman–Crippen MR) is 101 cm³/mol. The zero-order valence-corrected chi connectivity index (χ0v) is 15.0. The lowest BCUT2D eigenvalue weighted by Crippen LogP contribution is -2.39. The molecule has 7 nitrogen and oxygen atoms in total. The molecule has 140 valence electrons. The quantitative estimate of drug-likeness (QED) is 0.721. The molecule has 1 fully saturated rings. The van der Waals surface area contributed by atoms with Gasteiger partial charge in [-0.2, -0.15) is 0 Å². The summed E-state index contributed by atoms with van der Waals surface area (Å²) in [6, 6.07) is 10.9. The number of fused-ring (bicyclic) bond motifs is 1. The van der Waals surface area contributed by atoms with E-state index in [9.17, 15) is 9.59 Å². The van der Waals surface area contributed by atoms with Gasteiger partial charge in [-0.15, -0.1) is 0 Å². The highest BCUT2D eigenvalue weighted by molar-refractivity contribution is 5.78. The number of nitrogens with one attached hydrogen (secondary N) is 1. The molecule has 0 aliphatic carbocycles. The average molecular weight is 366 g/mol. The molecule has 1 saturated heterocycles.